The van der Waals surface area contributed by atoms with Crippen LogP contribution in [0.3, 0.4) is 0 Å². The number of hydrogen-bond acceptors (Lipinski definition) is 7. The van der Waals surface area contributed by atoms with Gasteiger partial charge in [-0.25, -0.2) is 4.89 Å². The number of aliphatic hydroxyl groups excluding tert-OH is 1. The molecule has 82 valence electrons. The van der Waals surface area contributed by atoms with E-state index in [9.17, 15) is 13.2 Å². The van der Waals surface area contributed by atoms with Crippen LogP contribution in [0, 0.1) is 0 Å². The van der Waals surface area contributed by atoms with Crippen molar-refractivity contribution >= 4 is 16.2 Å². The summed E-state index contributed by atoms with van der Waals surface area (Å²) in [5.41, 5.74) is 0. The molecule has 7 nitrogen and oxygen atoms in total. The summed E-state index contributed by atoms with van der Waals surface area (Å²) in [7, 11) is -4.38. The van der Waals surface area contributed by atoms with Gasteiger partial charge in [-0.05, 0) is 13.8 Å². The molecule has 0 unspecified atom stereocenters. The zero-order chi connectivity index (χ0) is 11.2. The summed E-state index contributed by atoms with van der Waals surface area (Å²) in [6, 6.07) is 0. The van der Waals surface area contributed by atoms with Crippen LogP contribution in [0.15, 0.2) is 12.0 Å². The highest BCUT2D eigenvalue weighted by Crippen LogP contribution is 1.99. The summed E-state index contributed by atoms with van der Waals surface area (Å²) in [6.45, 7) is 1.88. The van der Waals surface area contributed by atoms with E-state index in [2.05, 4.69) is 13.4 Å². The Morgan fingerprint density at radius 1 is 1.43 bits per heavy atom. The molecule has 0 aliphatic rings. The third-order valence-corrected chi connectivity index (χ3v) is 1.32. The quantitative estimate of drug-likeness (QED) is 0.392. The van der Waals surface area contributed by atoms with E-state index in [0.29, 0.717) is 6.26 Å². The molecule has 0 aliphatic carbocycles. The first kappa shape index (κ1) is 12.9. The van der Waals surface area contributed by atoms with Crippen LogP contribution in [0.1, 0.15) is 13.8 Å². The lowest BCUT2D eigenvalue weighted by atomic mass is 10.5. The standard InChI is InChI=1S/C6H10O7S/c1-5(7)3-11-13-14(9,10)12-4-6(2)8/h4,8H,3H2,1-2H3/b6-4-. The van der Waals surface area contributed by atoms with Crippen LogP contribution in [0.2, 0.25) is 0 Å². The molecule has 0 fully saturated rings. The van der Waals surface area contributed by atoms with Gasteiger partial charge in [0.1, 0.15) is 18.6 Å². The fourth-order valence-corrected chi connectivity index (χ4v) is 0.766. The average Bonchev–Trinajstić information content (AvgIpc) is 2.00. The fraction of sp³-hybridized carbons (Fsp3) is 0.500. The van der Waals surface area contributed by atoms with Gasteiger partial charge in [-0.15, -0.1) is 0 Å². The minimum absolute atomic E-state index is 0.358. The maximum Gasteiger partial charge on any atom is 0.476 e. The molecule has 0 amide bonds. The number of carbonyl (C=O) groups excluding carboxylic acids is 1. The van der Waals surface area contributed by atoms with E-state index in [0.717, 1.165) is 0 Å². The molecule has 0 saturated carbocycles. The van der Waals surface area contributed by atoms with Crippen molar-refractivity contribution in [3.05, 3.63) is 12.0 Å². The molecule has 0 spiro atoms. The minimum Gasteiger partial charge on any atom is -0.509 e. The Morgan fingerprint density at radius 3 is 2.43 bits per heavy atom. The highest BCUT2D eigenvalue weighted by Gasteiger charge is 2.12. The lowest BCUT2D eigenvalue weighted by Gasteiger charge is -2.01. The van der Waals surface area contributed by atoms with Crippen molar-refractivity contribution in [1.82, 2.24) is 0 Å². The van der Waals surface area contributed by atoms with Gasteiger partial charge in [-0.2, -0.15) is 8.42 Å². The number of aliphatic hydroxyl groups is 1. The van der Waals surface area contributed by atoms with Gasteiger partial charge in [-0.1, -0.05) is 4.33 Å². The highest BCUT2D eigenvalue weighted by molar-refractivity contribution is 7.81. The second-order valence-corrected chi connectivity index (χ2v) is 3.44. The first-order valence-electron chi connectivity index (χ1n) is 3.43. The Morgan fingerprint density at radius 2 is 2.00 bits per heavy atom. The molecular weight excluding hydrogens is 216 g/mol. The van der Waals surface area contributed by atoms with E-state index in [4.69, 9.17) is 5.11 Å². The van der Waals surface area contributed by atoms with E-state index in [1.165, 1.54) is 13.8 Å². The summed E-state index contributed by atoms with van der Waals surface area (Å²) in [5.74, 6) is -0.766. The molecule has 0 aromatic carbocycles. The third kappa shape index (κ3) is 7.53. The second-order valence-electron chi connectivity index (χ2n) is 2.30. The van der Waals surface area contributed by atoms with Gasteiger partial charge in [0, 0.05) is 0 Å². The maximum atomic E-state index is 10.7. The van der Waals surface area contributed by atoms with Crippen LogP contribution in [0.4, 0.5) is 0 Å². The molecule has 0 aliphatic heterocycles. The van der Waals surface area contributed by atoms with Gasteiger partial charge in [0.2, 0.25) is 0 Å². The molecule has 1 N–H and O–H groups in total. The predicted octanol–water partition coefficient (Wildman–Crippen LogP) is 0.204. The normalized spacial score (nSPS) is 12.6. The van der Waals surface area contributed by atoms with E-state index in [1.807, 2.05) is 0 Å². The molecule has 0 saturated heterocycles. The molecule has 8 heteroatoms. The summed E-state index contributed by atoms with van der Waals surface area (Å²) >= 11 is 0. The number of hydrogen-bond donors (Lipinski definition) is 1. The van der Waals surface area contributed by atoms with Crippen molar-refractivity contribution in [2.75, 3.05) is 6.61 Å². The number of Topliss-reactive ketones (excluding diaryl/α,β-unsaturated/α-hetero) is 1. The van der Waals surface area contributed by atoms with Gasteiger partial charge < -0.3 is 9.29 Å². The smallest absolute Gasteiger partial charge is 0.476 e. The third-order valence-electron chi connectivity index (χ3n) is 0.730. The van der Waals surface area contributed by atoms with Gasteiger partial charge in [0.25, 0.3) is 0 Å². The SMILES string of the molecule is CC(=O)COOS(=O)(=O)O/C=C(/C)O. The number of carbonyl (C=O) groups is 1. The lowest BCUT2D eigenvalue weighted by Crippen LogP contribution is -2.11. The van der Waals surface area contributed by atoms with E-state index < -0.39 is 22.8 Å². The van der Waals surface area contributed by atoms with E-state index in [-0.39, 0.29) is 5.76 Å². The zero-order valence-electron chi connectivity index (χ0n) is 7.59. The van der Waals surface area contributed by atoms with Crippen LogP contribution in [0.25, 0.3) is 0 Å². The first-order chi connectivity index (χ1) is 6.33. The molecule has 0 atom stereocenters. The van der Waals surface area contributed by atoms with Crippen molar-refractivity contribution in [2.24, 2.45) is 0 Å². The van der Waals surface area contributed by atoms with E-state index in [1.54, 1.807) is 0 Å². The monoisotopic (exact) mass is 226 g/mol. The number of ketones is 1. The molecule has 0 bridgehead atoms. The predicted molar refractivity (Wildman–Crippen MR) is 44.1 cm³/mol. The largest absolute Gasteiger partial charge is 0.509 e. The first-order valence-corrected chi connectivity index (χ1v) is 4.76. The zero-order valence-corrected chi connectivity index (χ0v) is 8.41. The second kappa shape index (κ2) is 5.58. The summed E-state index contributed by atoms with van der Waals surface area (Å²) in [4.78, 5) is 14.3. The lowest BCUT2D eigenvalue weighted by molar-refractivity contribution is -0.206. The number of allylic oxidation sites excluding steroid dienone is 1. The summed E-state index contributed by atoms with van der Waals surface area (Å²) < 4.78 is 29.1. The highest BCUT2D eigenvalue weighted by atomic mass is 32.3. The van der Waals surface area contributed by atoms with Crippen LogP contribution in [0.5, 0.6) is 0 Å². The molecule has 0 radical (unpaired) electrons. The summed E-state index contributed by atoms with van der Waals surface area (Å²) in [5, 5.41) is 8.55. The van der Waals surface area contributed by atoms with Crippen LogP contribution >= 0.6 is 0 Å². The maximum absolute atomic E-state index is 10.7. The Hall–Kier alpha value is -1.12. The Kier molecular flexibility index (Phi) is 5.13. The van der Waals surface area contributed by atoms with Gasteiger partial charge in [0.05, 0.1) is 0 Å². The van der Waals surface area contributed by atoms with Crippen LogP contribution < -0.4 is 0 Å². The van der Waals surface area contributed by atoms with Crippen molar-refractivity contribution in [2.45, 2.75) is 13.8 Å². The number of rotatable bonds is 6. The molecule has 0 heterocycles. The molecular formula is C6H10O7S. The van der Waals surface area contributed by atoms with Gasteiger partial charge in [-0.3, -0.25) is 4.79 Å². The Bertz CT molecular complexity index is 311. The van der Waals surface area contributed by atoms with Crippen molar-refractivity contribution in [3.63, 3.8) is 0 Å². The van der Waals surface area contributed by atoms with Crippen LogP contribution in [-0.4, -0.2) is 25.9 Å². The topological polar surface area (TPSA) is 99.1 Å². The summed E-state index contributed by atoms with van der Waals surface area (Å²) in [6.07, 6.45) is 0.548. The van der Waals surface area contributed by atoms with Crippen molar-refractivity contribution in [3.8, 4) is 0 Å². The molecule has 0 aromatic rings. The van der Waals surface area contributed by atoms with Crippen molar-refractivity contribution < 1.29 is 31.7 Å². The van der Waals surface area contributed by atoms with Gasteiger partial charge in [0.15, 0.2) is 5.78 Å². The molecule has 0 rings (SSSR count). The molecule has 14 heavy (non-hydrogen) atoms. The van der Waals surface area contributed by atoms with E-state index >= 15 is 0 Å². The molecule has 0 aromatic heterocycles. The van der Waals surface area contributed by atoms with Crippen LogP contribution in [-0.2, 0) is 28.6 Å². The van der Waals surface area contributed by atoms with Crippen molar-refractivity contribution in [1.29, 1.82) is 0 Å². The Balaban J connectivity index is 3.97. The average molecular weight is 226 g/mol. The fourth-order valence-electron chi connectivity index (χ4n) is 0.311. The Labute approximate surface area is 81.1 Å². The minimum atomic E-state index is -4.38. The van der Waals surface area contributed by atoms with Gasteiger partial charge >= 0.3 is 10.4 Å².